The highest BCUT2D eigenvalue weighted by Crippen LogP contribution is 2.34. The van der Waals surface area contributed by atoms with Gasteiger partial charge in [-0.25, -0.2) is 5.43 Å². The Balaban J connectivity index is 1.90. The first-order valence-electron chi connectivity index (χ1n) is 6.97. The molecule has 0 saturated carbocycles. The lowest BCUT2D eigenvalue weighted by Gasteiger charge is -2.20. The van der Waals surface area contributed by atoms with E-state index in [1.165, 1.54) is 0 Å². The SMILES string of the molecule is CC1NNC(c2ccc3c(c2)NC(=O)CCO3)C1CN. The summed E-state index contributed by atoms with van der Waals surface area (Å²) in [6, 6.07) is 6.36. The fraction of sp³-hybridized carbons (Fsp3) is 0.500. The van der Waals surface area contributed by atoms with Crippen LogP contribution in [0.25, 0.3) is 0 Å². The molecule has 5 N–H and O–H groups in total. The second-order valence-corrected chi connectivity index (χ2v) is 5.36. The second-order valence-electron chi connectivity index (χ2n) is 5.36. The first-order valence-corrected chi connectivity index (χ1v) is 6.97. The predicted molar refractivity (Wildman–Crippen MR) is 76.2 cm³/mol. The van der Waals surface area contributed by atoms with Gasteiger partial charge in [-0.05, 0) is 31.2 Å². The Hall–Kier alpha value is -1.63. The quantitative estimate of drug-likeness (QED) is 0.632. The van der Waals surface area contributed by atoms with Crippen LogP contribution in [0.15, 0.2) is 18.2 Å². The number of hydrogen-bond acceptors (Lipinski definition) is 5. The number of nitrogens with one attached hydrogen (secondary N) is 3. The van der Waals surface area contributed by atoms with Gasteiger partial charge in [0, 0.05) is 12.0 Å². The Kier molecular flexibility index (Phi) is 3.60. The zero-order chi connectivity index (χ0) is 14.1. The van der Waals surface area contributed by atoms with E-state index in [4.69, 9.17) is 10.5 Å². The van der Waals surface area contributed by atoms with Crippen molar-refractivity contribution in [3.8, 4) is 5.75 Å². The molecule has 3 atom stereocenters. The van der Waals surface area contributed by atoms with Gasteiger partial charge < -0.3 is 15.8 Å². The number of carbonyl (C=O) groups excluding carboxylic acids is 1. The zero-order valence-electron chi connectivity index (χ0n) is 11.5. The van der Waals surface area contributed by atoms with Crippen LogP contribution < -0.4 is 26.6 Å². The Morgan fingerprint density at radius 1 is 1.40 bits per heavy atom. The van der Waals surface area contributed by atoms with Crippen molar-refractivity contribution in [2.45, 2.75) is 25.4 Å². The van der Waals surface area contributed by atoms with Gasteiger partial charge in [0.25, 0.3) is 0 Å². The molecule has 0 bridgehead atoms. The van der Waals surface area contributed by atoms with E-state index in [0.717, 1.165) is 17.0 Å². The summed E-state index contributed by atoms with van der Waals surface area (Å²) in [4.78, 5) is 11.6. The van der Waals surface area contributed by atoms with Crippen molar-refractivity contribution >= 4 is 11.6 Å². The van der Waals surface area contributed by atoms with Crippen molar-refractivity contribution in [1.29, 1.82) is 0 Å². The Morgan fingerprint density at radius 3 is 3.05 bits per heavy atom. The number of nitrogens with two attached hydrogens (primary N) is 1. The van der Waals surface area contributed by atoms with E-state index in [2.05, 4.69) is 23.1 Å². The van der Waals surface area contributed by atoms with E-state index in [0.29, 0.717) is 31.5 Å². The number of rotatable bonds is 2. The van der Waals surface area contributed by atoms with Crippen LogP contribution >= 0.6 is 0 Å². The predicted octanol–water partition coefficient (Wildman–Crippen LogP) is 0.520. The molecule has 2 aliphatic heterocycles. The summed E-state index contributed by atoms with van der Waals surface area (Å²) in [5.74, 6) is 1.03. The molecule has 108 valence electrons. The summed E-state index contributed by atoms with van der Waals surface area (Å²) in [7, 11) is 0. The largest absolute Gasteiger partial charge is 0.491 e. The normalized spacial score (nSPS) is 29.3. The van der Waals surface area contributed by atoms with Crippen molar-refractivity contribution in [2.24, 2.45) is 11.7 Å². The lowest BCUT2D eigenvalue weighted by atomic mass is 9.90. The number of ether oxygens (including phenoxy) is 1. The number of anilines is 1. The molecule has 0 spiro atoms. The molecule has 20 heavy (non-hydrogen) atoms. The van der Waals surface area contributed by atoms with Crippen LogP contribution in [0.4, 0.5) is 5.69 Å². The lowest BCUT2D eigenvalue weighted by Crippen LogP contribution is -2.30. The highest BCUT2D eigenvalue weighted by molar-refractivity contribution is 5.93. The molecule has 0 radical (unpaired) electrons. The molecule has 2 aliphatic rings. The Morgan fingerprint density at radius 2 is 2.25 bits per heavy atom. The third kappa shape index (κ3) is 2.37. The highest BCUT2D eigenvalue weighted by Gasteiger charge is 2.33. The van der Waals surface area contributed by atoms with Crippen LogP contribution in [-0.2, 0) is 4.79 Å². The Labute approximate surface area is 118 Å². The number of carbonyl (C=O) groups is 1. The maximum Gasteiger partial charge on any atom is 0.227 e. The summed E-state index contributed by atoms with van der Waals surface area (Å²) in [5.41, 5.74) is 14.2. The average Bonchev–Trinajstić information content (AvgIpc) is 2.70. The third-order valence-corrected chi connectivity index (χ3v) is 4.03. The van der Waals surface area contributed by atoms with Crippen LogP contribution in [0.3, 0.4) is 0 Å². The standard InChI is InChI=1S/C14H20N4O2/c1-8-10(7-15)14(18-17-8)9-2-3-12-11(6-9)16-13(19)4-5-20-12/h2-3,6,8,10,14,17-18H,4-5,7,15H2,1H3,(H,16,19). The van der Waals surface area contributed by atoms with Gasteiger partial charge in [0.2, 0.25) is 5.91 Å². The molecular weight excluding hydrogens is 256 g/mol. The molecular formula is C14H20N4O2. The number of amides is 1. The second kappa shape index (κ2) is 5.40. The van der Waals surface area contributed by atoms with E-state index in [1.807, 2.05) is 18.2 Å². The number of benzene rings is 1. The molecule has 3 rings (SSSR count). The topological polar surface area (TPSA) is 88.4 Å². The van der Waals surface area contributed by atoms with Crippen LogP contribution in [0, 0.1) is 5.92 Å². The molecule has 3 unspecified atom stereocenters. The lowest BCUT2D eigenvalue weighted by molar-refractivity contribution is -0.116. The van der Waals surface area contributed by atoms with E-state index >= 15 is 0 Å². The van der Waals surface area contributed by atoms with Crippen LogP contribution in [0.1, 0.15) is 24.9 Å². The van der Waals surface area contributed by atoms with Crippen LogP contribution in [0.5, 0.6) is 5.75 Å². The number of hydrazine groups is 1. The minimum atomic E-state index is -0.0119. The molecule has 0 aliphatic carbocycles. The number of hydrogen-bond donors (Lipinski definition) is 4. The van der Waals surface area contributed by atoms with E-state index in [9.17, 15) is 4.79 Å². The van der Waals surface area contributed by atoms with Crippen molar-refractivity contribution in [3.05, 3.63) is 23.8 Å². The van der Waals surface area contributed by atoms with Crippen LogP contribution in [0.2, 0.25) is 0 Å². The van der Waals surface area contributed by atoms with Gasteiger partial charge in [0.05, 0.1) is 24.8 Å². The molecule has 1 fully saturated rings. The molecule has 6 nitrogen and oxygen atoms in total. The van der Waals surface area contributed by atoms with Gasteiger partial charge in [-0.2, -0.15) is 0 Å². The first-order chi connectivity index (χ1) is 9.69. The van der Waals surface area contributed by atoms with Crippen molar-refractivity contribution in [2.75, 3.05) is 18.5 Å². The van der Waals surface area contributed by atoms with Gasteiger partial charge in [-0.1, -0.05) is 6.07 Å². The van der Waals surface area contributed by atoms with Crippen molar-refractivity contribution < 1.29 is 9.53 Å². The molecule has 1 saturated heterocycles. The van der Waals surface area contributed by atoms with Gasteiger partial charge in [-0.15, -0.1) is 0 Å². The average molecular weight is 276 g/mol. The summed E-state index contributed by atoms with van der Waals surface area (Å²) < 4.78 is 5.57. The molecule has 0 aromatic heterocycles. The monoisotopic (exact) mass is 276 g/mol. The van der Waals surface area contributed by atoms with Crippen LogP contribution in [-0.4, -0.2) is 25.1 Å². The van der Waals surface area contributed by atoms with Gasteiger partial charge in [0.15, 0.2) is 0 Å². The van der Waals surface area contributed by atoms with E-state index in [1.54, 1.807) is 0 Å². The molecule has 1 amide bonds. The summed E-state index contributed by atoms with van der Waals surface area (Å²) >= 11 is 0. The smallest absolute Gasteiger partial charge is 0.227 e. The van der Waals surface area contributed by atoms with Crippen molar-refractivity contribution in [3.63, 3.8) is 0 Å². The maximum atomic E-state index is 11.6. The molecule has 2 heterocycles. The fourth-order valence-corrected chi connectivity index (χ4v) is 2.83. The summed E-state index contributed by atoms with van der Waals surface area (Å²) in [6.07, 6.45) is 0.385. The fourth-order valence-electron chi connectivity index (χ4n) is 2.83. The van der Waals surface area contributed by atoms with Gasteiger partial charge in [-0.3, -0.25) is 10.2 Å². The minimum absolute atomic E-state index is 0.0119. The van der Waals surface area contributed by atoms with E-state index < -0.39 is 0 Å². The zero-order valence-corrected chi connectivity index (χ0v) is 11.5. The molecule has 6 heteroatoms. The maximum absolute atomic E-state index is 11.6. The van der Waals surface area contributed by atoms with Gasteiger partial charge in [0.1, 0.15) is 5.75 Å². The summed E-state index contributed by atoms with van der Waals surface area (Å²) in [6.45, 7) is 3.13. The molecule has 1 aromatic carbocycles. The van der Waals surface area contributed by atoms with Crippen molar-refractivity contribution in [1.82, 2.24) is 10.9 Å². The van der Waals surface area contributed by atoms with Gasteiger partial charge >= 0.3 is 0 Å². The number of fused-ring (bicyclic) bond motifs is 1. The highest BCUT2D eigenvalue weighted by atomic mass is 16.5. The third-order valence-electron chi connectivity index (χ3n) is 4.03. The molecule has 1 aromatic rings. The minimum Gasteiger partial charge on any atom is -0.491 e. The van der Waals surface area contributed by atoms with E-state index in [-0.39, 0.29) is 11.9 Å². The Bertz CT molecular complexity index is 520. The summed E-state index contributed by atoms with van der Waals surface area (Å²) in [5, 5.41) is 2.89. The first kappa shape index (κ1) is 13.4.